The molecule has 2 aliphatic heterocycles. The van der Waals surface area contributed by atoms with Gasteiger partial charge < -0.3 is 19.4 Å². The van der Waals surface area contributed by atoms with Crippen LogP contribution in [0.5, 0.6) is 6.01 Å². The fraction of sp³-hybridized carbons (Fsp3) is 0.531. The van der Waals surface area contributed by atoms with Gasteiger partial charge in [-0.1, -0.05) is 30.8 Å². The van der Waals surface area contributed by atoms with Gasteiger partial charge in [0, 0.05) is 36.7 Å². The first kappa shape index (κ1) is 28.3. The average Bonchev–Trinajstić information content (AvgIpc) is 3.42. The molecular formula is C32H37FN6O3. The molecule has 9 nitrogen and oxygen atoms in total. The lowest BCUT2D eigenvalue weighted by atomic mass is 9.63. The molecule has 42 heavy (non-hydrogen) atoms. The molecule has 1 aromatic carbocycles. The molecule has 2 aromatic rings. The van der Waals surface area contributed by atoms with Gasteiger partial charge in [-0.05, 0) is 69.7 Å². The Morgan fingerprint density at radius 1 is 1.17 bits per heavy atom. The Bertz CT molecular complexity index is 1460. The number of likely N-dealkylation sites (tertiary alicyclic amines) is 1. The number of likely N-dealkylation sites (N-methyl/N-ethyl adjacent to an activating group) is 1. The summed E-state index contributed by atoms with van der Waals surface area (Å²) >= 11 is 0. The highest BCUT2D eigenvalue weighted by molar-refractivity contribution is 6.02. The van der Waals surface area contributed by atoms with E-state index in [1.54, 1.807) is 0 Å². The summed E-state index contributed by atoms with van der Waals surface area (Å²) in [6, 6.07) is 10.4. The van der Waals surface area contributed by atoms with Crippen molar-refractivity contribution in [3.05, 3.63) is 59.1 Å². The molecule has 2 fully saturated rings. The zero-order valence-electron chi connectivity index (χ0n) is 24.1. The molecule has 0 saturated carbocycles. The number of fused-ring (bicyclic) bond motifs is 2. The molecule has 3 atom stereocenters. The second-order valence-corrected chi connectivity index (χ2v) is 12.2. The molecule has 0 N–H and O–H groups in total. The van der Waals surface area contributed by atoms with E-state index in [0.717, 1.165) is 37.8 Å². The maximum absolute atomic E-state index is 14.4. The highest BCUT2D eigenvalue weighted by Crippen LogP contribution is 2.46. The summed E-state index contributed by atoms with van der Waals surface area (Å²) in [5.74, 6) is -1.17. The lowest BCUT2D eigenvalue weighted by Crippen LogP contribution is -2.56. The van der Waals surface area contributed by atoms with Crippen LogP contribution in [0.15, 0.2) is 36.7 Å². The number of nitrogens with zero attached hydrogens (tertiary/aromatic N) is 6. The van der Waals surface area contributed by atoms with Crippen molar-refractivity contribution in [2.75, 3.05) is 44.7 Å². The van der Waals surface area contributed by atoms with E-state index >= 15 is 0 Å². The molecule has 220 valence electrons. The predicted octanol–water partition coefficient (Wildman–Crippen LogP) is 3.67. The predicted molar refractivity (Wildman–Crippen MR) is 155 cm³/mol. The summed E-state index contributed by atoms with van der Waals surface area (Å²) in [4.78, 5) is 42.1. The third-order valence-electron chi connectivity index (χ3n) is 9.71. The third-order valence-corrected chi connectivity index (χ3v) is 9.71. The largest absolute Gasteiger partial charge is 0.462 e. The molecule has 0 bridgehead atoms. The van der Waals surface area contributed by atoms with Crippen LogP contribution in [0.3, 0.4) is 0 Å². The molecular weight excluding hydrogens is 535 g/mol. The summed E-state index contributed by atoms with van der Waals surface area (Å²) in [6.45, 7) is 5.48. The Morgan fingerprint density at radius 3 is 2.69 bits per heavy atom. The number of ether oxygens (including phenoxy) is 1. The highest BCUT2D eigenvalue weighted by Gasteiger charge is 2.47. The van der Waals surface area contributed by atoms with E-state index in [1.807, 2.05) is 11.0 Å². The minimum Gasteiger partial charge on any atom is -0.462 e. The van der Waals surface area contributed by atoms with E-state index in [1.165, 1.54) is 16.0 Å². The molecule has 3 heterocycles. The van der Waals surface area contributed by atoms with Crippen LogP contribution in [0.2, 0.25) is 0 Å². The number of nitriles is 1. The van der Waals surface area contributed by atoms with Crippen LogP contribution in [0.25, 0.3) is 0 Å². The number of anilines is 1. The first-order valence-electron chi connectivity index (χ1n) is 14.9. The third kappa shape index (κ3) is 5.15. The van der Waals surface area contributed by atoms with Crippen molar-refractivity contribution >= 4 is 17.5 Å². The van der Waals surface area contributed by atoms with Gasteiger partial charge in [-0.2, -0.15) is 15.2 Å². The van der Waals surface area contributed by atoms with Crippen molar-refractivity contribution in [3.8, 4) is 12.1 Å². The summed E-state index contributed by atoms with van der Waals surface area (Å²) < 4.78 is 20.0. The number of rotatable bonds is 6. The number of carbonyl (C=O) groups is 2. The van der Waals surface area contributed by atoms with Gasteiger partial charge in [0.25, 0.3) is 5.91 Å². The van der Waals surface area contributed by atoms with Crippen molar-refractivity contribution in [2.45, 2.75) is 63.5 Å². The van der Waals surface area contributed by atoms with Crippen LogP contribution in [-0.4, -0.2) is 83.4 Å². The van der Waals surface area contributed by atoms with Crippen LogP contribution in [0, 0.1) is 16.7 Å². The summed E-state index contributed by atoms with van der Waals surface area (Å²) in [5.41, 5.74) is 3.24. The smallest absolute Gasteiger partial charge is 0.319 e. The van der Waals surface area contributed by atoms with E-state index in [-0.39, 0.29) is 37.3 Å². The fourth-order valence-corrected chi connectivity index (χ4v) is 7.24. The molecule has 10 heteroatoms. The number of ketones is 1. The number of amides is 1. The second-order valence-electron chi connectivity index (χ2n) is 12.2. The molecule has 0 unspecified atom stereocenters. The molecule has 2 aliphatic carbocycles. The first-order valence-corrected chi connectivity index (χ1v) is 14.9. The number of aromatic nitrogens is 2. The van der Waals surface area contributed by atoms with E-state index in [0.29, 0.717) is 43.9 Å². The summed E-state index contributed by atoms with van der Waals surface area (Å²) in [6.07, 6.45) is 5.87. The molecule has 4 aliphatic rings. The van der Waals surface area contributed by atoms with Crippen LogP contribution < -0.4 is 9.64 Å². The molecule has 0 radical (unpaired) electrons. The highest BCUT2D eigenvalue weighted by atomic mass is 19.1. The summed E-state index contributed by atoms with van der Waals surface area (Å²) in [7, 11) is 2.08. The van der Waals surface area contributed by atoms with Gasteiger partial charge >= 0.3 is 6.01 Å². The number of halogens is 1. The van der Waals surface area contributed by atoms with Gasteiger partial charge in [0.2, 0.25) is 0 Å². The molecule has 1 amide bonds. The lowest BCUT2D eigenvalue weighted by Gasteiger charge is -2.43. The van der Waals surface area contributed by atoms with E-state index in [9.17, 15) is 19.2 Å². The Balaban J connectivity index is 1.34. The Morgan fingerprint density at radius 2 is 1.95 bits per heavy atom. The van der Waals surface area contributed by atoms with Crippen molar-refractivity contribution in [1.82, 2.24) is 19.8 Å². The zero-order valence-corrected chi connectivity index (χ0v) is 24.1. The van der Waals surface area contributed by atoms with Gasteiger partial charge in [0.15, 0.2) is 11.6 Å². The number of piperazine rings is 1. The van der Waals surface area contributed by atoms with Crippen LogP contribution >= 0.6 is 0 Å². The van der Waals surface area contributed by atoms with E-state index in [4.69, 9.17) is 14.7 Å². The first-order chi connectivity index (χ1) is 20.3. The number of carbonyl (C=O) groups excluding carboxylic acids is 2. The maximum Gasteiger partial charge on any atom is 0.319 e. The zero-order chi connectivity index (χ0) is 29.4. The van der Waals surface area contributed by atoms with Crippen LogP contribution in [-0.2, 0) is 24.1 Å². The number of hydrogen-bond acceptors (Lipinski definition) is 8. The number of hydrogen-bond donors (Lipinski definition) is 0. The number of benzene rings is 1. The quantitative estimate of drug-likeness (QED) is 0.484. The van der Waals surface area contributed by atoms with Crippen LogP contribution in [0.4, 0.5) is 10.2 Å². The second kappa shape index (κ2) is 11.4. The average molecular weight is 573 g/mol. The lowest BCUT2D eigenvalue weighted by molar-refractivity contribution is -0.131. The Labute approximate surface area is 246 Å². The topological polar surface area (TPSA) is 103 Å². The van der Waals surface area contributed by atoms with Crippen molar-refractivity contribution in [1.29, 1.82) is 5.26 Å². The number of Topliss-reactive ketones (excluding diaryl/α,β-unsaturated/α-hetero) is 1. The Hall–Kier alpha value is -3.84. The van der Waals surface area contributed by atoms with Gasteiger partial charge in [-0.15, -0.1) is 0 Å². The van der Waals surface area contributed by atoms with Gasteiger partial charge in [-0.25, -0.2) is 4.39 Å². The fourth-order valence-electron chi connectivity index (χ4n) is 7.24. The summed E-state index contributed by atoms with van der Waals surface area (Å²) in [5, 5.41) is 9.47. The van der Waals surface area contributed by atoms with E-state index in [2.05, 4.69) is 42.8 Å². The van der Waals surface area contributed by atoms with Crippen LogP contribution in [0.1, 0.15) is 59.3 Å². The van der Waals surface area contributed by atoms with Gasteiger partial charge in [-0.3, -0.25) is 9.59 Å². The van der Waals surface area contributed by atoms with Gasteiger partial charge in [0.05, 0.1) is 18.5 Å². The van der Waals surface area contributed by atoms with Crippen molar-refractivity contribution < 1.29 is 18.7 Å². The molecule has 2 saturated heterocycles. The SMILES string of the molecule is C=C(F)C(=O)N1CCN(c2nc(OC[C@@H]3CCCN3C)nc3c2CC[C@]2(CCc4ccccc4C2)C3=O)C[C@@H]1CC#N. The standard InChI is InChI=1S/C32H37FN6O3/c1-21(33)30(41)39-17-16-38(19-24(39)11-14-34)29-26-10-13-32(12-9-22-6-3-4-7-23(22)18-32)28(40)27(26)35-31(36-29)42-20-25-8-5-15-37(25)2/h3-4,6-7,24-25H,1,5,8-13,15-20H2,2H3/t24-,25-,32-/m0/s1. The van der Waals surface area contributed by atoms with Crippen molar-refractivity contribution in [3.63, 3.8) is 0 Å². The normalized spacial score (nSPS) is 25.6. The van der Waals surface area contributed by atoms with E-state index < -0.39 is 23.2 Å². The minimum atomic E-state index is -1.04. The van der Waals surface area contributed by atoms with Crippen molar-refractivity contribution in [2.24, 2.45) is 5.41 Å². The van der Waals surface area contributed by atoms with Gasteiger partial charge in [0.1, 0.15) is 18.1 Å². The molecule has 1 spiro atoms. The minimum absolute atomic E-state index is 0.0425. The Kier molecular flexibility index (Phi) is 7.71. The molecule has 6 rings (SSSR count). The molecule has 1 aromatic heterocycles. The number of aryl methyl sites for hydroxylation is 1. The maximum atomic E-state index is 14.4. The monoisotopic (exact) mass is 572 g/mol.